The molecule has 0 unspecified atom stereocenters. The third-order valence-corrected chi connectivity index (χ3v) is 5.72. The van der Waals surface area contributed by atoms with Crippen molar-refractivity contribution in [3.8, 4) is 0 Å². The summed E-state index contributed by atoms with van der Waals surface area (Å²) in [6.45, 7) is 0. The summed E-state index contributed by atoms with van der Waals surface area (Å²) in [5.74, 6) is -0.217. The average Bonchev–Trinajstić information content (AvgIpc) is 2.56. The maximum Gasteiger partial charge on any atom is 0.161 e. The lowest BCUT2D eigenvalue weighted by molar-refractivity contribution is 0.626. The van der Waals surface area contributed by atoms with Gasteiger partial charge in [-0.1, -0.05) is 12.1 Å². The highest BCUT2D eigenvalue weighted by Gasteiger charge is 2.26. The zero-order chi connectivity index (χ0) is 16.2. The van der Waals surface area contributed by atoms with Crippen molar-refractivity contribution in [2.24, 2.45) is 0 Å². The quantitative estimate of drug-likeness (QED) is 0.566. The van der Waals surface area contributed by atoms with Gasteiger partial charge in [0.15, 0.2) is 9.79 Å². The van der Waals surface area contributed by atoms with Crippen molar-refractivity contribution in [2.45, 2.75) is 15.5 Å². The molecule has 3 aromatic rings. The Balaban J connectivity index is 1.97. The van der Waals surface area contributed by atoms with Gasteiger partial charge in [0.1, 0.15) is 23.2 Å². The molecule has 0 spiro atoms. The minimum Gasteiger partial charge on any atom is -0.207 e. The van der Waals surface area contributed by atoms with Gasteiger partial charge in [0.25, 0.3) is 0 Å². The number of rotatable bonds is 4. The first-order valence-electron chi connectivity index (χ1n) is 7.08. The van der Waals surface area contributed by atoms with Crippen molar-refractivity contribution >= 4 is 10.9 Å². The smallest absolute Gasteiger partial charge is 0.161 e. The summed E-state index contributed by atoms with van der Waals surface area (Å²) in [7, 11) is -0.381. The van der Waals surface area contributed by atoms with Crippen molar-refractivity contribution in [1.29, 1.82) is 0 Å². The second-order valence-electron chi connectivity index (χ2n) is 5.07. The van der Waals surface area contributed by atoms with Crippen LogP contribution in [0.4, 0.5) is 13.2 Å². The highest BCUT2D eigenvalue weighted by Crippen LogP contribution is 2.27. The summed E-state index contributed by atoms with van der Waals surface area (Å²) < 4.78 is 39.5. The lowest BCUT2D eigenvalue weighted by Crippen LogP contribution is -2.07. The second-order valence-corrected chi connectivity index (χ2v) is 7.08. The molecule has 0 heterocycles. The van der Waals surface area contributed by atoms with E-state index in [1.54, 1.807) is 36.4 Å². The molecule has 0 N–H and O–H groups in total. The molecule has 0 radical (unpaired) electrons. The van der Waals surface area contributed by atoms with Crippen LogP contribution in [0.2, 0.25) is 0 Å². The minimum atomic E-state index is -0.381. The van der Waals surface area contributed by atoms with E-state index in [0.717, 1.165) is 15.4 Å². The van der Waals surface area contributed by atoms with Crippen LogP contribution in [0.1, 0.15) is 5.56 Å². The fourth-order valence-corrected chi connectivity index (χ4v) is 4.31. The summed E-state index contributed by atoms with van der Waals surface area (Å²) in [6.07, 6.45) is 0. The van der Waals surface area contributed by atoms with Crippen molar-refractivity contribution < 1.29 is 13.2 Å². The Bertz CT molecular complexity index is 720. The zero-order valence-electron chi connectivity index (χ0n) is 12.2. The van der Waals surface area contributed by atoms with E-state index >= 15 is 0 Å². The normalized spacial score (nSPS) is 11.0. The van der Waals surface area contributed by atoms with Gasteiger partial charge in [-0.25, -0.2) is 13.2 Å². The van der Waals surface area contributed by atoms with Crippen LogP contribution < -0.4 is 0 Å². The van der Waals surface area contributed by atoms with Gasteiger partial charge in [-0.2, -0.15) is 0 Å². The van der Waals surface area contributed by atoms with Crippen LogP contribution in [0.3, 0.4) is 0 Å². The third-order valence-electron chi connectivity index (χ3n) is 3.42. The van der Waals surface area contributed by atoms with Crippen molar-refractivity contribution in [3.05, 3.63) is 95.8 Å². The van der Waals surface area contributed by atoms with Crippen LogP contribution in [0.5, 0.6) is 0 Å². The Labute approximate surface area is 135 Å². The molecule has 23 heavy (non-hydrogen) atoms. The average molecular weight is 331 g/mol. The molecule has 0 saturated heterocycles. The molecule has 3 rings (SSSR count). The monoisotopic (exact) mass is 331 g/mol. The highest BCUT2D eigenvalue weighted by atomic mass is 32.2. The maximum absolute atomic E-state index is 13.2. The molecule has 0 amide bonds. The number of halogens is 3. The standard InChI is InChI=1S/C19H14F3S/c20-15-3-1-14(2-4-15)13-23(18-9-5-16(21)6-10-18)19-11-7-17(22)8-12-19/h1-12H,13H2/q+1. The first-order chi connectivity index (χ1) is 11.1. The molecule has 0 aromatic heterocycles. The Morgan fingerprint density at radius 1 is 0.522 bits per heavy atom. The van der Waals surface area contributed by atoms with E-state index in [1.807, 2.05) is 0 Å². The molecule has 0 nitrogen and oxygen atoms in total. The molecular formula is C19H14F3S+. The van der Waals surface area contributed by atoms with Gasteiger partial charge in [-0.05, 0) is 60.7 Å². The molecule has 0 aliphatic rings. The Kier molecular flexibility index (Phi) is 4.72. The second kappa shape index (κ2) is 6.92. The van der Waals surface area contributed by atoms with E-state index in [9.17, 15) is 13.2 Å². The van der Waals surface area contributed by atoms with Crippen molar-refractivity contribution in [3.63, 3.8) is 0 Å². The van der Waals surface area contributed by atoms with Gasteiger partial charge in [-0.15, -0.1) is 0 Å². The van der Waals surface area contributed by atoms with Crippen LogP contribution in [0, 0.1) is 17.5 Å². The molecule has 4 heteroatoms. The number of hydrogen-bond donors (Lipinski definition) is 0. The molecule has 0 saturated carbocycles. The zero-order valence-corrected chi connectivity index (χ0v) is 13.0. The van der Waals surface area contributed by atoms with E-state index in [0.29, 0.717) is 5.75 Å². The molecule has 0 aliphatic carbocycles. The van der Waals surface area contributed by atoms with E-state index in [2.05, 4.69) is 0 Å². The summed E-state index contributed by atoms with van der Waals surface area (Å²) in [5.41, 5.74) is 0.975. The van der Waals surface area contributed by atoms with Gasteiger partial charge in [0.2, 0.25) is 0 Å². The lowest BCUT2D eigenvalue weighted by atomic mass is 10.2. The number of benzene rings is 3. The summed E-state index contributed by atoms with van der Waals surface area (Å²) in [5, 5.41) is 0. The molecule has 0 atom stereocenters. The van der Waals surface area contributed by atoms with Gasteiger partial charge >= 0.3 is 0 Å². The highest BCUT2D eigenvalue weighted by molar-refractivity contribution is 7.96. The number of hydrogen-bond acceptors (Lipinski definition) is 0. The summed E-state index contributed by atoms with van der Waals surface area (Å²) in [4.78, 5) is 1.92. The Morgan fingerprint density at radius 3 is 1.26 bits per heavy atom. The Hall–Kier alpha value is -2.20. The van der Waals surface area contributed by atoms with E-state index in [-0.39, 0.29) is 28.3 Å². The van der Waals surface area contributed by atoms with Gasteiger partial charge in [0, 0.05) is 5.56 Å². The molecular weight excluding hydrogens is 317 g/mol. The molecule has 116 valence electrons. The van der Waals surface area contributed by atoms with E-state index in [4.69, 9.17) is 0 Å². The first kappa shape index (κ1) is 15.7. The lowest BCUT2D eigenvalue weighted by Gasteiger charge is -2.08. The van der Waals surface area contributed by atoms with Crippen LogP contribution in [-0.2, 0) is 16.6 Å². The molecule has 3 aromatic carbocycles. The van der Waals surface area contributed by atoms with Crippen molar-refractivity contribution in [1.82, 2.24) is 0 Å². The van der Waals surface area contributed by atoms with Crippen molar-refractivity contribution in [2.75, 3.05) is 0 Å². The fourth-order valence-electron chi connectivity index (χ4n) is 2.25. The largest absolute Gasteiger partial charge is 0.207 e. The first-order valence-corrected chi connectivity index (χ1v) is 8.48. The van der Waals surface area contributed by atoms with Crippen LogP contribution in [0.25, 0.3) is 0 Å². The summed E-state index contributed by atoms with van der Waals surface area (Å²) in [6, 6.07) is 19.0. The third kappa shape index (κ3) is 3.96. The topological polar surface area (TPSA) is 0 Å². The van der Waals surface area contributed by atoms with Gasteiger partial charge < -0.3 is 0 Å². The van der Waals surface area contributed by atoms with Gasteiger partial charge in [-0.3, -0.25) is 0 Å². The maximum atomic E-state index is 13.2. The Morgan fingerprint density at radius 2 is 0.870 bits per heavy atom. The van der Waals surface area contributed by atoms with Gasteiger partial charge in [0.05, 0.1) is 10.9 Å². The molecule has 0 bridgehead atoms. The predicted molar refractivity (Wildman–Crippen MR) is 86.8 cm³/mol. The van der Waals surface area contributed by atoms with E-state index < -0.39 is 0 Å². The SMILES string of the molecule is Fc1ccc(C[S+](c2ccc(F)cc2)c2ccc(F)cc2)cc1. The van der Waals surface area contributed by atoms with Crippen LogP contribution >= 0.6 is 0 Å². The van der Waals surface area contributed by atoms with Crippen LogP contribution in [0.15, 0.2) is 82.6 Å². The fraction of sp³-hybridized carbons (Fsp3) is 0.0526. The molecule has 0 fully saturated rings. The predicted octanol–water partition coefficient (Wildman–Crippen LogP) is 5.34. The molecule has 0 aliphatic heterocycles. The van der Waals surface area contributed by atoms with E-state index in [1.165, 1.54) is 36.4 Å². The summed E-state index contributed by atoms with van der Waals surface area (Å²) >= 11 is 0. The van der Waals surface area contributed by atoms with Crippen LogP contribution in [-0.4, -0.2) is 0 Å². The minimum absolute atomic E-state index is 0.280.